The summed E-state index contributed by atoms with van der Waals surface area (Å²) in [6, 6.07) is 12.3. The molecule has 0 aliphatic rings. The first-order valence-corrected chi connectivity index (χ1v) is 9.71. The van der Waals surface area contributed by atoms with Crippen LogP contribution in [-0.2, 0) is 11.3 Å². The summed E-state index contributed by atoms with van der Waals surface area (Å²) in [5, 5.41) is 7.65. The molecule has 0 unspecified atom stereocenters. The molecule has 0 spiro atoms. The van der Waals surface area contributed by atoms with Crippen molar-refractivity contribution in [1.82, 2.24) is 15.1 Å². The van der Waals surface area contributed by atoms with Gasteiger partial charge >= 0.3 is 0 Å². The van der Waals surface area contributed by atoms with Crippen molar-refractivity contribution in [2.24, 2.45) is 0 Å². The van der Waals surface area contributed by atoms with Crippen LogP contribution in [0.2, 0.25) is 5.02 Å². The fraction of sp³-hybridized carbons (Fsp3) is 0.227. The number of carbonyl (C=O) groups excluding carboxylic acids is 1. The number of aryl methyl sites for hydroxylation is 2. The highest BCUT2D eigenvalue weighted by Gasteiger charge is 2.08. The molecule has 0 saturated heterocycles. The maximum absolute atomic E-state index is 13.1. The lowest BCUT2D eigenvalue weighted by Gasteiger charge is -2.11. The number of amides is 1. The van der Waals surface area contributed by atoms with Gasteiger partial charge in [0.15, 0.2) is 6.61 Å². The lowest BCUT2D eigenvalue weighted by molar-refractivity contribution is -0.123. The molecule has 1 aromatic heterocycles. The first kappa shape index (κ1) is 21.5. The molecular weight excluding hydrogens is 409 g/mol. The Morgan fingerprint density at radius 1 is 1.13 bits per heavy atom. The topological polar surface area (TPSA) is 73.2 Å². The highest BCUT2D eigenvalue weighted by atomic mass is 35.5. The van der Waals surface area contributed by atoms with Crippen LogP contribution in [0, 0.1) is 19.7 Å². The summed E-state index contributed by atoms with van der Waals surface area (Å²) in [6.07, 6.45) is 0. The third-order valence-electron chi connectivity index (χ3n) is 4.43. The summed E-state index contributed by atoms with van der Waals surface area (Å²) < 4.78 is 19.9. The Morgan fingerprint density at radius 2 is 1.80 bits per heavy atom. The van der Waals surface area contributed by atoms with Crippen LogP contribution >= 0.6 is 11.6 Å². The van der Waals surface area contributed by atoms with Crippen LogP contribution < -0.4 is 15.6 Å². The maximum Gasteiger partial charge on any atom is 0.266 e. The molecule has 6 nitrogen and oxygen atoms in total. The van der Waals surface area contributed by atoms with Crippen LogP contribution in [0.3, 0.4) is 0 Å². The van der Waals surface area contributed by atoms with E-state index >= 15 is 0 Å². The van der Waals surface area contributed by atoms with Gasteiger partial charge in [-0.3, -0.25) is 9.59 Å². The van der Waals surface area contributed by atoms with Gasteiger partial charge in [-0.25, -0.2) is 9.07 Å². The summed E-state index contributed by atoms with van der Waals surface area (Å²) in [5.74, 6) is -0.0987. The highest BCUT2D eigenvalue weighted by Crippen LogP contribution is 2.25. The van der Waals surface area contributed by atoms with E-state index in [9.17, 15) is 14.0 Å². The van der Waals surface area contributed by atoms with Crippen molar-refractivity contribution in [3.8, 4) is 17.0 Å². The molecule has 1 heterocycles. The van der Waals surface area contributed by atoms with Crippen molar-refractivity contribution in [3.63, 3.8) is 0 Å². The summed E-state index contributed by atoms with van der Waals surface area (Å²) in [7, 11) is 0. The molecule has 0 radical (unpaired) electrons. The number of hydrogen-bond acceptors (Lipinski definition) is 4. The average molecular weight is 430 g/mol. The highest BCUT2D eigenvalue weighted by molar-refractivity contribution is 6.32. The van der Waals surface area contributed by atoms with Gasteiger partial charge in [-0.2, -0.15) is 5.10 Å². The zero-order valence-corrected chi connectivity index (χ0v) is 17.4. The lowest BCUT2D eigenvalue weighted by atomic mass is 10.1. The van der Waals surface area contributed by atoms with E-state index in [0.717, 1.165) is 11.1 Å². The molecule has 1 N–H and O–H groups in total. The van der Waals surface area contributed by atoms with E-state index < -0.39 is 0 Å². The summed E-state index contributed by atoms with van der Waals surface area (Å²) in [5.41, 5.74) is 2.68. The van der Waals surface area contributed by atoms with Crippen molar-refractivity contribution < 1.29 is 13.9 Å². The standard InChI is InChI=1S/C22H21ClFN3O3/c1-14-11-18(12-15(2)22(14)23)30-13-20(28)25-9-10-27-21(29)8-7-19(26-27)16-3-5-17(24)6-4-16/h3-8,11-12H,9-10,13H2,1-2H3,(H,25,28). The molecule has 2 aromatic carbocycles. The van der Waals surface area contributed by atoms with Gasteiger partial charge < -0.3 is 10.1 Å². The van der Waals surface area contributed by atoms with Crippen LogP contribution in [0.1, 0.15) is 11.1 Å². The SMILES string of the molecule is Cc1cc(OCC(=O)NCCn2nc(-c3ccc(F)cc3)ccc2=O)cc(C)c1Cl. The van der Waals surface area contributed by atoms with Crippen molar-refractivity contribution in [2.75, 3.05) is 13.2 Å². The molecular formula is C22H21ClFN3O3. The number of nitrogens with one attached hydrogen (secondary N) is 1. The van der Waals surface area contributed by atoms with Crippen molar-refractivity contribution in [1.29, 1.82) is 0 Å². The molecule has 156 valence electrons. The second-order valence-electron chi connectivity index (χ2n) is 6.80. The van der Waals surface area contributed by atoms with Gasteiger partial charge in [0.1, 0.15) is 11.6 Å². The minimum absolute atomic E-state index is 0.154. The fourth-order valence-corrected chi connectivity index (χ4v) is 2.98. The van der Waals surface area contributed by atoms with E-state index in [0.29, 0.717) is 22.0 Å². The van der Waals surface area contributed by atoms with Crippen molar-refractivity contribution in [2.45, 2.75) is 20.4 Å². The fourth-order valence-electron chi connectivity index (χ4n) is 2.87. The molecule has 1 amide bonds. The van der Waals surface area contributed by atoms with E-state index in [1.807, 2.05) is 13.8 Å². The molecule has 0 aliphatic heterocycles. The van der Waals surface area contributed by atoms with Crippen LogP contribution in [-0.4, -0.2) is 28.8 Å². The van der Waals surface area contributed by atoms with Gasteiger partial charge in [-0.05, 0) is 67.4 Å². The molecule has 0 fully saturated rings. The lowest BCUT2D eigenvalue weighted by Crippen LogP contribution is -2.34. The predicted molar refractivity (Wildman–Crippen MR) is 113 cm³/mol. The van der Waals surface area contributed by atoms with Crippen molar-refractivity contribution in [3.05, 3.63) is 80.9 Å². The number of ether oxygens (including phenoxy) is 1. The zero-order valence-electron chi connectivity index (χ0n) is 16.6. The molecule has 0 atom stereocenters. The Labute approximate surface area is 178 Å². The molecule has 0 bridgehead atoms. The number of carbonyl (C=O) groups is 1. The Kier molecular flexibility index (Phi) is 6.84. The maximum atomic E-state index is 13.1. The second kappa shape index (κ2) is 9.54. The van der Waals surface area contributed by atoms with Gasteiger partial charge in [0.2, 0.25) is 0 Å². The quantitative estimate of drug-likeness (QED) is 0.623. The molecule has 3 aromatic rings. The summed E-state index contributed by atoms with van der Waals surface area (Å²) >= 11 is 6.12. The third-order valence-corrected chi connectivity index (χ3v) is 5.03. The van der Waals surface area contributed by atoms with E-state index in [4.69, 9.17) is 16.3 Å². The number of halogens is 2. The van der Waals surface area contributed by atoms with Gasteiger partial charge in [-0.15, -0.1) is 0 Å². The van der Waals surface area contributed by atoms with E-state index in [2.05, 4.69) is 10.4 Å². The molecule has 3 rings (SSSR count). The van der Waals surface area contributed by atoms with Gasteiger partial charge in [0.05, 0.1) is 12.2 Å². The van der Waals surface area contributed by atoms with Gasteiger partial charge in [0.25, 0.3) is 11.5 Å². The van der Waals surface area contributed by atoms with Crippen LogP contribution in [0.15, 0.2) is 53.3 Å². The number of hydrogen-bond donors (Lipinski definition) is 1. The smallest absolute Gasteiger partial charge is 0.266 e. The number of nitrogens with zero attached hydrogens (tertiary/aromatic N) is 2. The van der Waals surface area contributed by atoms with Crippen LogP contribution in [0.4, 0.5) is 4.39 Å². The minimum Gasteiger partial charge on any atom is -0.484 e. The first-order valence-electron chi connectivity index (χ1n) is 9.34. The number of aromatic nitrogens is 2. The van der Waals surface area contributed by atoms with E-state index in [1.165, 1.54) is 22.9 Å². The minimum atomic E-state index is -0.346. The number of benzene rings is 2. The normalized spacial score (nSPS) is 10.7. The summed E-state index contributed by atoms with van der Waals surface area (Å²) in [4.78, 5) is 24.1. The molecule has 30 heavy (non-hydrogen) atoms. The Morgan fingerprint density at radius 3 is 2.47 bits per heavy atom. The van der Waals surface area contributed by atoms with Crippen LogP contribution in [0.25, 0.3) is 11.3 Å². The average Bonchev–Trinajstić information content (AvgIpc) is 2.72. The monoisotopic (exact) mass is 429 g/mol. The van der Waals surface area contributed by atoms with E-state index in [-0.39, 0.29) is 37.0 Å². The van der Waals surface area contributed by atoms with E-state index in [1.54, 1.807) is 30.3 Å². The molecule has 0 saturated carbocycles. The largest absolute Gasteiger partial charge is 0.484 e. The Hall–Kier alpha value is -3.19. The molecule has 0 aliphatic carbocycles. The number of rotatable bonds is 7. The zero-order chi connectivity index (χ0) is 21.7. The van der Waals surface area contributed by atoms with Crippen LogP contribution in [0.5, 0.6) is 5.75 Å². The second-order valence-corrected chi connectivity index (χ2v) is 7.17. The molecule has 8 heteroatoms. The Balaban J connectivity index is 1.54. The first-order chi connectivity index (χ1) is 14.3. The third kappa shape index (κ3) is 5.45. The van der Waals surface area contributed by atoms with Crippen molar-refractivity contribution >= 4 is 17.5 Å². The predicted octanol–water partition coefficient (Wildman–Crippen LogP) is 3.51. The van der Waals surface area contributed by atoms with Gasteiger partial charge in [-0.1, -0.05) is 11.6 Å². The summed E-state index contributed by atoms with van der Waals surface area (Å²) in [6.45, 7) is 3.98. The van der Waals surface area contributed by atoms with Gasteiger partial charge in [0, 0.05) is 23.2 Å². The Bertz CT molecular complexity index is 1090.